The number of amides is 1. The smallest absolute Gasteiger partial charge is 0.264 e. The minimum absolute atomic E-state index is 0.173. The third-order valence-electron chi connectivity index (χ3n) is 5.49. The van der Waals surface area contributed by atoms with Gasteiger partial charge in [-0.1, -0.05) is 55.2 Å². The van der Waals surface area contributed by atoms with Gasteiger partial charge in [-0.05, 0) is 56.2 Å². The maximum Gasteiger partial charge on any atom is 0.264 e. The molecule has 0 saturated heterocycles. The fourth-order valence-corrected chi connectivity index (χ4v) is 6.47. The van der Waals surface area contributed by atoms with E-state index in [1.165, 1.54) is 36.4 Å². The molecule has 7 heteroatoms. The number of sulfonamides is 1. The molecule has 1 N–H and O–H groups in total. The van der Waals surface area contributed by atoms with Crippen LogP contribution in [0.4, 0.5) is 5.69 Å². The van der Waals surface area contributed by atoms with E-state index in [4.69, 9.17) is 0 Å². The zero-order chi connectivity index (χ0) is 22.1. The second-order valence-corrected chi connectivity index (χ2v) is 11.3. The normalized spacial score (nSPS) is 14.9. The van der Waals surface area contributed by atoms with E-state index in [-0.39, 0.29) is 17.3 Å². The summed E-state index contributed by atoms with van der Waals surface area (Å²) in [5.74, 6) is 0.734. The van der Waals surface area contributed by atoms with E-state index in [9.17, 15) is 13.2 Å². The first kappa shape index (κ1) is 23.7. The Bertz CT molecular complexity index is 925. The fourth-order valence-electron chi connectivity index (χ4n) is 3.71. The number of aryl methyl sites for hydroxylation is 1. The van der Waals surface area contributed by atoms with Gasteiger partial charge < -0.3 is 5.32 Å². The number of carbonyl (C=O) groups is 1. The van der Waals surface area contributed by atoms with Gasteiger partial charge in [-0.3, -0.25) is 9.10 Å². The summed E-state index contributed by atoms with van der Waals surface area (Å²) < 4.78 is 27.7. The topological polar surface area (TPSA) is 66.5 Å². The second-order valence-electron chi connectivity index (χ2n) is 7.99. The average molecular weight is 461 g/mol. The molecule has 2 aromatic rings. The largest absolute Gasteiger partial charge is 0.354 e. The van der Waals surface area contributed by atoms with Gasteiger partial charge in [0, 0.05) is 11.8 Å². The van der Waals surface area contributed by atoms with Crippen LogP contribution >= 0.6 is 11.8 Å². The highest BCUT2D eigenvalue weighted by molar-refractivity contribution is 7.99. The van der Waals surface area contributed by atoms with Gasteiger partial charge in [0.05, 0.1) is 10.6 Å². The molecule has 1 aliphatic rings. The standard InChI is InChI=1S/C24H32N2O3S2/c1-20-13-15-21(16-14-20)26(31(28,29)23-11-6-3-7-12-23)19-24(27)25-17-8-18-30-22-9-4-2-5-10-22/h3,6-7,11-16,22H,2,4-5,8-10,17-19H2,1H3,(H,25,27). The Labute approximate surface area is 190 Å². The number of nitrogens with zero attached hydrogens (tertiary/aromatic N) is 1. The fraction of sp³-hybridized carbons (Fsp3) is 0.458. The number of nitrogens with one attached hydrogen (secondary N) is 1. The van der Waals surface area contributed by atoms with Crippen LogP contribution in [0.15, 0.2) is 59.5 Å². The van der Waals surface area contributed by atoms with Crippen LogP contribution < -0.4 is 9.62 Å². The molecule has 1 fully saturated rings. The van der Waals surface area contributed by atoms with Crippen molar-refractivity contribution >= 4 is 33.4 Å². The van der Waals surface area contributed by atoms with Gasteiger partial charge in [-0.2, -0.15) is 11.8 Å². The van der Waals surface area contributed by atoms with Crippen LogP contribution in [0.1, 0.15) is 44.1 Å². The zero-order valence-electron chi connectivity index (χ0n) is 18.1. The Morgan fingerprint density at radius 3 is 2.39 bits per heavy atom. The molecule has 0 spiro atoms. The molecule has 0 heterocycles. The van der Waals surface area contributed by atoms with Crippen LogP contribution in [0, 0.1) is 6.92 Å². The molecule has 5 nitrogen and oxygen atoms in total. The van der Waals surface area contributed by atoms with Crippen LogP contribution in [0.5, 0.6) is 0 Å². The molecule has 1 saturated carbocycles. The Hall–Kier alpha value is -1.99. The maximum atomic E-state index is 13.2. The highest BCUT2D eigenvalue weighted by Gasteiger charge is 2.27. The van der Waals surface area contributed by atoms with Crippen LogP contribution in [-0.2, 0) is 14.8 Å². The lowest BCUT2D eigenvalue weighted by Gasteiger charge is -2.24. The molecule has 0 aromatic heterocycles. The molecule has 0 atom stereocenters. The monoisotopic (exact) mass is 460 g/mol. The van der Waals surface area contributed by atoms with Crippen molar-refractivity contribution in [2.45, 2.75) is 55.6 Å². The van der Waals surface area contributed by atoms with Gasteiger partial charge in [0.15, 0.2) is 0 Å². The van der Waals surface area contributed by atoms with E-state index in [0.717, 1.165) is 23.0 Å². The predicted octanol–water partition coefficient (Wildman–Crippen LogP) is 4.76. The van der Waals surface area contributed by atoms with Crippen molar-refractivity contribution in [2.75, 3.05) is 23.1 Å². The summed E-state index contributed by atoms with van der Waals surface area (Å²) in [4.78, 5) is 12.8. The molecular weight excluding hydrogens is 428 g/mol. The van der Waals surface area contributed by atoms with Gasteiger partial charge >= 0.3 is 0 Å². The molecule has 31 heavy (non-hydrogen) atoms. The van der Waals surface area contributed by atoms with E-state index >= 15 is 0 Å². The third kappa shape index (κ3) is 7.01. The zero-order valence-corrected chi connectivity index (χ0v) is 19.8. The number of hydrogen-bond acceptors (Lipinski definition) is 4. The van der Waals surface area contributed by atoms with Gasteiger partial charge in [0.1, 0.15) is 6.54 Å². The number of anilines is 1. The SMILES string of the molecule is Cc1ccc(N(CC(=O)NCCCSC2CCCCC2)S(=O)(=O)c2ccccc2)cc1. The Balaban J connectivity index is 1.59. The van der Waals surface area contributed by atoms with Gasteiger partial charge in [0.2, 0.25) is 5.91 Å². The van der Waals surface area contributed by atoms with Crippen molar-refractivity contribution < 1.29 is 13.2 Å². The molecule has 0 bridgehead atoms. The first-order valence-electron chi connectivity index (χ1n) is 11.0. The minimum Gasteiger partial charge on any atom is -0.354 e. The maximum absolute atomic E-state index is 13.2. The molecule has 1 amide bonds. The van der Waals surface area contributed by atoms with Gasteiger partial charge in [-0.15, -0.1) is 0 Å². The van der Waals surface area contributed by atoms with E-state index in [2.05, 4.69) is 5.32 Å². The van der Waals surface area contributed by atoms with Crippen molar-refractivity contribution in [1.82, 2.24) is 5.32 Å². The first-order valence-corrected chi connectivity index (χ1v) is 13.5. The number of thioether (sulfide) groups is 1. The summed E-state index contributed by atoms with van der Waals surface area (Å²) in [5.41, 5.74) is 1.51. The summed E-state index contributed by atoms with van der Waals surface area (Å²) in [6.45, 7) is 2.26. The van der Waals surface area contributed by atoms with E-state index in [1.807, 2.05) is 30.8 Å². The lowest BCUT2D eigenvalue weighted by atomic mass is 10.0. The van der Waals surface area contributed by atoms with Crippen molar-refractivity contribution in [3.8, 4) is 0 Å². The summed E-state index contributed by atoms with van der Waals surface area (Å²) >= 11 is 2.01. The highest BCUT2D eigenvalue weighted by Crippen LogP contribution is 2.28. The Morgan fingerprint density at radius 2 is 1.71 bits per heavy atom. The number of hydrogen-bond donors (Lipinski definition) is 1. The third-order valence-corrected chi connectivity index (χ3v) is 8.74. The average Bonchev–Trinajstić information content (AvgIpc) is 2.79. The second kappa shape index (κ2) is 11.6. The Morgan fingerprint density at radius 1 is 1.03 bits per heavy atom. The number of carbonyl (C=O) groups excluding carboxylic acids is 1. The highest BCUT2D eigenvalue weighted by atomic mass is 32.2. The Kier molecular flexibility index (Phi) is 8.84. The predicted molar refractivity (Wildman–Crippen MR) is 129 cm³/mol. The van der Waals surface area contributed by atoms with Gasteiger partial charge in [-0.25, -0.2) is 8.42 Å². The van der Waals surface area contributed by atoms with Crippen molar-refractivity contribution in [3.63, 3.8) is 0 Å². The molecule has 1 aliphatic carbocycles. The lowest BCUT2D eigenvalue weighted by molar-refractivity contribution is -0.119. The molecular formula is C24H32N2O3S2. The van der Waals surface area contributed by atoms with Gasteiger partial charge in [0.25, 0.3) is 10.0 Å². The van der Waals surface area contributed by atoms with Crippen LogP contribution in [0.2, 0.25) is 0 Å². The van der Waals surface area contributed by atoms with Crippen LogP contribution in [0.25, 0.3) is 0 Å². The quantitative estimate of drug-likeness (QED) is 0.519. The molecule has 0 aliphatic heterocycles. The minimum atomic E-state index is -3.84. The lowest BCUT2D eigenvalue weighted by Crippen LogP contribution is -2.41. The van der Waals surface area contributed by atoms with Crippen LogP contribution in [-0.4, -0.2) is 38.4 Å². The van der Waals surface area contributed by atoms with E-state index in [0.29, 0.717) is 12.2 Å². The molecule has 3 rings (SSSR count). The first-order chi connectivity index (χ1) is 15.0. The summed E-state index contributed by atoms with van der Waals surface area (Å²) in [6.07, 6.45) is 7.53. The number of benzene rings is 2. The number of rotatable bonds is 10. The van der Waals surface area contributed by atoms with E-state index in [1.54, 1.807) is 42.5 Å². The molecule has 0 radical (unpaired) electrons. The van der Waals surface area contributed by atoms with Crippen molar-refractivity contribution in [2.24, 2.45) is 0 Å². The van der Waals surface area contributed by atoms with Crippen LogP contribution in [0.3, 0.4) is 0 Å². The summed E-state index contributed by atoms with van der Waals surface area (Å²) in [7, 11) is -3.84. The molecule has 168 valence electrons. The molecule has 2 aromatic carbocycles. The molecule has 0 unspecified atom stereocenters. The van der Waals surface area contributed by atoms with E-state index < -0.39 is 10.0 Å². The van der Waals surface area contributed by atoms with Crippen molar-refractivity contribution in [3.05, 3.63) is 60.2 Å². The van der Waals surface area contributed by atoms with Crippen molar-refractivity contribution in [1.29, 1.82) is 0 Å². The summed E-state index contributed by atoms with van der Waals surface area (Å²) in [5, 5.41) is 3.66. The summed E-state index contributed by atoms with van der Waals surface area (Å²) in [6, 6.07) is 15.4.